The molecule has 1 fully saturated rings. The fourth-order valence-corrected chi connectivity index (χ4v) is 3.22. The first kappa shape index (κ1) is 19.8. The van der Waals surface area contributed by atoms with Crippen molar-refractivity contribution in [1.29, 1.82) is 0 Å². The van der Waals surface area contributed by atoms with Gasteiger partial charge in [-0.15, -0.1) is 0 Å². The molecule has 0 bridgehead atoms. The number of para-hydroxylation sites is 1. The Labute approximate surface area is 165 Å². The molecule has 1 aliphatic rings. The predicted octanol–water partition coefficient (Wildman–Crippen LogP) is 2.86. The summed E-state index contributed by atoms with van der Waals surface area (Å²) in [5, 5.41) is 5.91. The summed E-state index contributed by atoms with van der Waals surface area (Å²) in [4.78, 5) is 35.9. The van der Waals surface area contributed by atoms with Crippen LogP contribution in [-0.2, 0) is 4.79 Å². The Bertz CT molecular complexity index is 803. The second kappa shape index (κ2) is 9.30. The smallest absolute Gasteiger partial charge is 0.253 e. The van der Waals surface area contributed by atoms with Gasteiger partial charge in [0, 0.05) is 37.4 Å². The third-order valence-corrected chi connectivity index (χ3v) is 5.12. The van der Waals surface area contributed by atoms with E-state index in [4.69, 9.17) is 0 Å². The van der Waals surface area contributed by atoms with Crippen molar-refractivity contribution in [2.75, 3.05) is 23.3 Å². The van der Waals surface area contributed by atoms with E-state index in [9.17, 15) is 9.59 Å². The van der Waals surface area contributed by atoms with Crippen molar-refractivity contribution in [2.24, 2.45) is 5.92 Å². The molecule has 2 amide bonds. The molecular weight excluding hydrogens is 354 g/mol. The molecule has 1 aliphatic heterocycles. The van der Waals surface area contributed by atoms with Crippen molar-refractivity contribution < 1.29 is 9.59 Å². The number of amides is 2. The zero-order valence-electron chi connectivity index (χ0n) is 16.4. The number of rotatable bonds is 6. The molecule has 2 heterocycles. The summed E-state index contributed by atoms with van der Waals surface area (Å²) in [6.07, 6.45) is 5.76. The Morgan fingerprint density at radius 3 is 2.50 bits per heavy atom. The van der Waals surface area contributed by atoms with Gasteiger partial charge in [-0.25, -0.2) is 9.97 Å². The van der Waals surface area contributed by atoms with E-state index in [-0.39, 0.29) is 23.8 Å². The maximum Gasteiger partial charge on any atom is 0.253 e. The number of anilines is 2. The van der Waals surface area contributed by atoms with E-state index in [1.807, 2.05) is 19.9 Å². The molecule has 1 atom stereocenters. The molecule has 7 heteroatoms. The number of nitrogens with zero attached hydrogens (tertiary/aromatic N) is 3. The van der Waals surface area contributed by atoms with Crippen LogP contribution in [0.1, 0.15) is 43.5 Å². The average Bonchev–Trinajstić information content (AvgIpc) is 2.74. The van der Waals surface area contributed by atoms with E-state index in [0.717, 1.165) is 32.4 Å². The van der Waals surface area contributed by atoms with Crippen LogP contribution >= 0.6 is 0 Å². The lowest BCUT2D eigenvalue weighted by Gasteiger charge is -2.31. The van der Waals surface area contributed by atoms with Gasteiger partial charge in [0.1, 0.15) is 0 Å². The van der Waals surface area contributed by atoms with Gasteiger partial charge >= 0.3 is 0 Å². The molecule has 3 rings (SSSR count). The van der Waals surface area contributed by atoms with Crippen LogP contribution in [0.4, 0.5) is 11.6 Å². The normalized spacial score (nSPS) is 15.7. The monoisotopic (exact) mass is 381 g/mol. The number of hydrogen-bond donors (Lipinski definition) is 2. The molecule has 1 aromatic carbocycles. The topological polar surface area (TPSA) is 87.2 Å². The molecule has 1 aromatic heterocycles. The molecule has 7 nitrogen and oxygen atoms in total. The van der Waals surface area contributed by atoms with Gasteiger partial charge in [-0.05, 0) is 44.4 Å². The van der Waals surface area contributed by atoms with E-state index in [2.05, 4.69) is 25.5 Å². The average molecular weight is 381 g/mol. The number of aromatic nitrogens is 2. The first-order valence-electron chi connectivity index (χ1n) is 9.81. The third kappa shape index (κ3) is 4.85. The molecule has 1 saturated heterocycles. The van der Waals surface area contributed by atoms with E-state index < -0.39 is 0 Å². The van der Waals surface area contributed by atoms with Gasteiger partial charge < -0.3 is 15.5 Å². The Balaban J connectivity index is 1.61. The fourth-order valence-electron chi connectivity index (χ4n) is 3.22. The van der Waals surface area contributed by atoms with Crippen LogP contribution in [0.25, 0.3) is 0 Å². The number of carbonyl (C=O) groups excluding carboxylic acids is 2. The lowest BCUT2D eigenvalue weighted by Crippen LogP contribution is -2.39. The zero-order chi connectivity index (χ0) is 19.9. The molecule has 0 spiro atoms. The summed E-state index contributed by atoms with van der Waals surface area (Å²) in [7, 11) is 0. The van der Waals surface area contributed by atoms with Crippen LogP contribution in [0.15, 0.2) is 42.7 Å². The van der Waals surface area contributed by atoms with E-state index >= 15 is 0 Å². The molecule has 0 radical (unpaired) electrons. The SMILES string of the molecule is CCC(C)NC(=O)c1ccccc1NC(=O)C1CCN(c2ncccn2)CC1. The largest absolute Gasteiger partial charge is 0.350 e. The summed E-state index contributed by atoms with van der Waals surface area (Å²) in [6, 6.07) is 9.02. The first-order valence-corrected chi connectivity index (χ1v) is 9.81. The molecule has 28 heavy (non-hydrogen) atoms. The molecule has 2 aromatic rings. The van der Waals surface area contributed by atoms with Crippen LogP contribution in [0, 0.1) is 5.92 Å². The van der Waals surface area contributed by atoms with Gasteiger partial charge in [-0.3, -0.25) is 9.59 Å². The number of benzene rings is 1. The van der Waals surface area contributed by atoms with Crippen molar-refractivity contribution >= 4 is 23.5 Å². The minimum absolute atomic E-state index is 0.0441. The number of piperidine rings is 1. The summed E-state index contributed by atoms with van der Waals surface area (Å²) in [5.41, 5.74) is 1.05. The minimum Gasteiger partial charge on any atom is -0.350 e. The van der Waals surface area contributed by atoms with Crippen LogP contribution < -0.4 is 15.5 Å². The van der Waals surface area contributed by atoms with E-state index in [1.165, 1.54) is 0 Å². The van der Waals surface area contributed by atoms with E-state index in [1.54, 1.807) is 36.7 Å². The molecular formula is C21H27N5O2. The molecule has 0 aliphatic carbocycles. The predicted molar refractivity (Wildman–Crippen MR) is 109 cm³/mol. The molecule has 2 N–H and O–H groups in total. The fraction of sp³-hybridized carbons (Fsp3) is 0.429. The quantitative estimate of drug-likeness (QED) is 0.803. The molecule has 1 unspecified atom stereocenters. The van der Waals surface area contributed by atoms with Crippen LogP contribution in [0.5, 0.6) is 0 Å². The number of hydrogen-bond acceptors (Lipinski definition) is 5. The number of nitrogens with one attached hydrogen (secondary N) is 2. The van der Waals surface area contributed by atoms with Gasteiger partial charge in [0.15, 0.2) is 0 Å². The second-order valence-corrected chi connectivity index (χ2v) is 7.13. The summed E-state index contributed by atoms with van der Waals surface area (Å²) in [6.45, 7) is 5.45. The Kier molecular flexibility index (Phi) is 6.57. The highest BCUT2D eigenvalue weighted by atomic mass is 16.2. The highest BCUT2D eigenvalue weighted by Gasteiger charge is 2.27. The van der Waals surface area contributed by atoms with Crippen molar-refractivity contribution in [1.82, 2.24) is 15.3 Å². The Morgan fingerprint density at radius 1 is 1.14 bits per heavy atom. The van der Waals surface area contributed by atoms with Crippen LogP contribution in [0.3, 0.4) is 0 Å². The van der Waals surface area contributed by atoms with Gasteiger partial charge in [-0.1, -0.05) is 19.1 Å². The molecule has 148 valence electrons. The van der Waals surface area contributed by atoms with Gasteiger partial charge in [0.2, 0.25) is 11.9 Å². The van der Waals surface area contributed by atoms with Crippen molar-refractivity contribution in [3.8, 4) is 0 Å². The molecule has 0 saturated carbocycles. The van der Waals surface area contributed by atoms with Crippen molar-refractivity contribution in [3.05, 3.63) is 48.3 Å². The Hall–Kier alpha value is -2.96. The van der Waals surface area contributed by atoms with Crippen molar-refractivity contribution in [2.45, 2.75) is 39.2 Å². The zero-order valence-corrected chi connectivity index (χ0v) is 16.4. The summed E-state index contributed by atoms with van der Waals surface area (Å²) >= 11 is 0. The maximum absolute atomic E-state index is 12.8. The highest BCUT2D eigenvalue weighted by molar-refractivity contribution is 6.04. The lowest BCUT2D eigenvalue weighted by atomic mass is 9.96. The first-order chi connectivity index (χ1) is 13.6. The number of carbonyl (C=O) groups is 2. The maximum atomic E-state index is 12.8. The van der Waals surface area contributed by atoms with Crippen LogP contribution in [-0.4, -0.2) is 40.9 Å². The van der Waals surface area contributed by atoms with Gasteiger partial charge in [0.25, 0.3) is 5.91 Å². The van der Waals surface area contributed by atoms with Crippen molar-refractivity contribution in [3.63, 3.8) is 0 Å². The highest BCUT2D eigenvalue weighted by Crippen LogP contribution is 2.23. The second-order valence-electron chi connectivity index (χ2n) is 7.13. The summed E-state index contributed by atoms with van der Waals surface area (Å²) < 4.78 is 0. The lowest BCUT2D eigenvalue weighted by molar-refractivity contribution is -0.120. The van der Waals surface area contributed by atoms with Gasteiger partial charge in [0.05, 0.1) is 11.3 Å². The third-order valence-electron chi connectivity index (χ3n) is 5.12. The van der Waals surface area contributed by atoms with Crippen LogP contribution in [0.2, 0.25) is 0 Å². The standard InChI is InChI=1S/C21H27N5O2/c1-3-15(2)24-20(28)17-7-4-5-8-18(17)25-19(27)16-9-13-26(14-10-16)21-22-11-6-12-23-21/h4-8,11-12,15-16H,3,9-10,13-14H2,1-2H3,(H,24,28)(H,25,27). The minimum atomic E-state index is -0.165. The summed E-state index contributed by atoms with van der Waals surface area (Å²) in [5.74, 6) is 0.401. The van der Waals surface area contributed by atoms with Gasteiger partial charge in [-0.2, -0.15) is 0 Å². The van der Waals surface area contributed by atoms with E-state index in [0.29, 0.717) is 17.2 Å². The Morgan fingerprint density at radius 2 is 1.82 bits per heavy atom.